The van der Waals surface area contributed by atoms with Crippen LogP contribution in [0.2, 0.25) is 0 Å². The Morgan fingerprint density at radius 3 is 2.05 bits per heavy atom. The summed E-state index contributed by atoms with van der Waals surface area (Å²) in [6.45, 7) is 4.13. The average Bonchev–Trinajstić information content (AvgIpc) is 2.86. The van der Waals surface area contributed by atoms with E-state index in [1.807, 2.05) is 38.1 Å². The number of para-hydroxylation sites is 1. The number of rotatable bonds is 10. The summed E-state index contributed by atoms with van der Waals surface area (Å²) in [7, 11) is 0. The van der Waals surface area contributed by atoms with Gasteiger partial charge in [-0.25, -0.2) is 9.59 Å². The van der Waals surface area contributed by atoms with Crippen molar-refractivity contribution in [1.29, 1.82) is 0 Å². The normalized spacial score (nSPS) is 10.3. The molecule has 0 aliphatic rings. The third-order valence-corrected chi connectivity index (χ3v) is 5.56. The molecular formula is C28H30N4O5. The zero-order valence-corrected chi connectivity index (χ0v) is 20.8. The Bertz CT molecular complexity index is 1260. The fourth-order valence-electron chi connectivity index (χ4n) is 3.62. The lowest BCUT2D eigenvalue weighted by molar-refractivity contribution is -0.134. The predicted molar refractivity (Wildman–Crippen MR) is 143 cm³/mol. The second-order valence-corrected chi connectivity index (χ2v) is 8.51. The summed E-state index contributed by atoms with van der Waals surface area (Å²) in [5.41, 5.74) is 3.58. The van der Waals surface area contributed by atoms with E-state index in [-0.39, 0.29) is 36.4 Å². The average molecular weight is 503 g/mol. The Morgan fingerprint density at radius 1 is 0.811 bits per heavy atom. The molecule has 0 bridgehead atoms. The molecule has 9 heteroatoms. The van der Waals surface area contributed by atoms with Gasteiger partial charge in [0.25, 0.3) is 0 Å². The Kier molecular flexibility index (Phi) is 9.37. The van der Waals surface area contributed by atoms with E-state index in [0.717, 1.165) is 16.8 Å². The van der Waals surface area contributed by atoms with Gasteiger partial charge in [0.05, 0.1) is 18.5 Å². The number of carbonyl (C=O) groups is 4. The van der Waals surface area contributed by atoms with E-state index in [4.69, 9.17) is 5.11 Å². The van der Waals surface area contributed by atoms with Crippen molar-refractivity contribution >= 4 is 40.9 Å². The molecule has 0 heterocycles. The van der Waals surface area contributed by atoms with Gasteiger partial charge in [0.1, 0.15) is 0 Å². The lowest BCUT2D eigenvalue weighted by Gasteiger charge is -2.22. The number of amides is 4. The van der Waals surface area contributed by atoms with E-state index >= 15 is 0 Å². The zero-order chi connectivity index (χ0) is 26.8. The maximum atomic E-state index is 12.9. The molecule has 0 fully saturated rings. The van der Waals surface area contributed by atoms with E-state index in [2.05, 4.69) is 16.0 Å². The molecule has 0 unspecified atom stereocenters. The highest BCUT2D eigenvalue weighted by Crippen LogP contribution is 2.16. The standard InChI is InChI=1S/C28H30N4O5/c1-3-16-32(18-25(33)29-22-14-10-21(11-15-22)27(35)36)26(34)17-20-8-12-23(13-9-20)30-28(37)31-24-7-5-4-6-19(24)2/h4-15H,3,16-18H2,1-2H3,(H,29,33)(H,35,36)(H2,30,31,37). The van der Waals surface area contributed by atoms with E-state index in [9.17, 15) is 19.2 Å². The van der Waals surface area contributed by atoms with Crippen LogP contribution in [-0.4, -0.2) is 46.9 Å². The van der Waals surface area contributed by atoms with Gasteiger partial charge in [0, 0.05) is 23.6 Å². The van der Waals surface area contributed by atoms with Crippen molar-refractivity contribution in [2.75, 3.05) is 29.0 Å². The Balaban J connectivity index is 1.54. The quantitative estimate of drug-likeness (QED) is 0.318. The van der Waals surface area contributed by atoms with Gasteiger partial charge >= 0.3 is 12.0 Å². The van der Waals surface area contributed by atoms with Crippen LogP contribution < -0.4 is 16.0 Å². The summed E-state index contributed by atoms with van der Waals surface area (Å²) < 4.78 is 0. The lowest BCUT2D eigenvalue weighted by atomic mass is 10.1. The number of nitrogens with zero attached hydrogens (tertiary/aromatic N) is 1. The minimum absolute atomic E-state index is 0.107. The number of hydrogen-bond acceptors (Lipinski definition) is 4. The molecule has 4 N–H and O–H groups in total. The molecule has 4 amide bonds. The summed E-state index contributed by atoms with van der Waals surface area (Å²) in [5, 5.41) is 17.2. The number of benzene rings is 3. The van der Waals surface area contributed by atoms with Gasteiger partial charge in [0.15, 0.2) is 0 Å². The van der Waals surface area contributed by atoms with E-state index in [0.29, 0.717) is 24.3 Å². The fourth-order valence-corrected chi connectivity index (χ4v) is 3.62. The van der Waals surface area contributed by atoms with Crippen LogP contribution in [0.4, 0.5) is 21.9 Å². The third kappa shape index (κ3) is 8.21. The molecule has 9 nitrogen and oxygen atoms in total. The van der Waals surface area contributed by atoms with Crippen LogP contribution in [0.1, 0.15) is 34.8 Å². The molecule has 192 valence electrons. The molecule has 3 aromatic carbocycles. The van der Waals surface area contributed by atoms with Gasteiger partial charge in [-0.15, -0.1) is 0 Å². The highest BCUT2D eigenvalue weighted by molar-refractivity contribution is 6.00. The highest BCUT2D eigenvalue weighted by Gasteiger charge is 2.17. The molecule has 0 atom stereocenters. The number of nitrogens with one attached hydrogen (secondary N) is 3. The lowest BCUT2D eigenvalue weighted by Crippen LogP contribution is -2.39. The fraction of sp³-hybridized carbons (Fsp3) is 0.214. The first-order valence-corrected chi connectivity index (χ1v) is 11.9. The van der Waals surface area contributed by atoms with E-state index in [1.165, 1.54) is 29.2 Å². The maximum Gasteiger partial charge on any atom is 0.335 e. The molecule has 0 saturated heterocycles. The van der Waals surface area contributed by atoms with Crippen molar-refractivity contribution in [3.05, 3.63) is 89.5 Å². The van der Waals surface area contributed by atoms with Crippen LogP contribution in [-0.2, 0) is 16.0 Å². The number of urea groups is 1. The summed E-state index contributed by atoms with van der Waals surface area (Å²) in [4.78, 5) is 50.2. The molecule has 0 saturated carbocycles. The van der Waals surface area contributed by atoms with Crippen molar-refractivity contribution in [2.24, 2.45) is 0 Å². The molecule has 3 aromatic rings. The van der Waals surface area contributed by atoms with Gasteiger partial charge in [-0.3, -0.25) is 9.59 Å². The molecule has 0 spiro atoms. The molecule has 0 aliphatic heterocycles. The first-order valence-electron chi connectivity index (χ1n) is 11.9. The van der Waals surface area contributed by atoms with Crippen molar-refractivity contribution < 1.29 is 24.3 Å². The van der Waals surface area contributed by atoms with Gasteiger partial charge in [-0.1, -0.05) is 37.3 Å². The first-order chi connectivity index (χ1) is 17.7. The van der Waals surface area contributed by atoms with Crippen LogP contribution in [0.5, 0.6) is 0 Å². The smallest absolute Gasteiger partial charge is 0.335 e. The third-order valence-electron chi connectivity index (χ3n) is 5.56. The molecule has 0 aromatic heterocycles. The number of carbonyl (C=O) groups excluding carboxylic acids is 3. The number of aromatic carboxylic acids is 1. The van der Waals surface area contributed by atoms with Gasteiger partial charge in [-0.05, 0) is 66.9 Å². The van der Waals surface area contributed by atoms with Gasteiger partial charge in [-0.2, -0.15) is 0 Å². The topological polar surface area (TPSA) is 128 Å². The Morgan fingerprint density at radius 2 is 1.43 bits per heavy atom. The van der Waals surface area contributed by atoms with Gasteiger partial charge < -0.3 is 26.0 Å². The van der Waals surface area contributed by atoms with Crippen LogP contribution in [0.3, 0.4) is 0 Å². The highest BCUT2D eigenvalue weighted by atomic mass is 16.4. The first kappa shape index (κ1) is 26.9. The minimum Gasteiger partial charge on any atom is -0.478 e. The maximum absolute atomic E-state index is 12.9. The second-order valence-electron chi connectivity index (χ2n) is 8.51. The van der Waals surface area contributed by atoms with Crippen molar-refractivity contribution in [2.45, 2.75) is 26.7 Å². The Hall–Kier alpha value is -4.66. The summed E-state index contributed by atoms with van der Waals surface area (Å²) in [5.74, 6) is -1.62. The molecule has 3 rings (SSSR count). The minimum atomic E-state index is -1.05. The number of carboxylic acid groups (broad SMARTS) is 1. The molecule has 0 aliphatic carbocycles. The summed E-state index contributed by atoms with van der Waals surface area (Å²) in [6, 6.07) is 19.9. The summed E-state index contributed by atoms with van der Waals surface area (Å²) >= 11 is 0. The molecule has 37 heavy (non-hydrogen) atoms. The Labute approximate surface area is 215 Å². The zero-order valence-electron chi connectivity index (χ0n) is 20.8. The number of carboxylic acids is 1. The van der Waals surface area contributed by atoms with E-state index < -0.39 is 5.97 Å². The SMILES string of the molecule is CCCN(CC(=O)Nc1ccc(C(=O)O)cc1)C(=O)Cc1ccc(NC(=O)Nc2ccccc2C)cc1. The van der Waals surface area contributed by atoms with Crippen LogP contribution in [0.25, 0.3) is 0 Å². The monoisotopic (exact) mass is 502 g/mol. The van der Waals surface area contributed by atoms with Gasteiger partial charge in [0.2, 0.25) is 11.8 Å². The summed E-state index contributed by atoms with van der Waals surface area (Å²) in [6.07, 6.45) is 0.793. The van der Waals surface area contributed by atoms with Crippen molar-refractivity contribution in [1.82, 2.24) is 4.90 Å². The molecule has 0 radical (unpaired) electrons. The van der Waals surface area contributed by atoms with Crippen LogP contribution in [0, 0.1) is 6.92 Å². The second kappa shape index (κ2) is 12.9. The van der Waals surface area contributed by atoms with E-state index in [1.54, 1.807) is 24.3 Å². The number of anilines is 3. The van der Waals surface area contributed by atoms with Crippen molar-refractivity contribution in [3.63, 3.8) is 0 Å². The number of hydrogen-bond donors (Lipinski definition) is 4. The largest absolute Gasteiger partial charge is 0.478 e. The van der Waals surface area contributed by atoms with Crippen molar-refractivity contribution in [3.8, 4) is 0 Å². The van der Waals surface area contributed by atoms with Crippen LogP contribution >= 0.6 is 0 Å². The number of aryl methyl sites for hydroxylation is 1. The molecular weight excluding hydrogens is 472 g/mol. The van der Waals surface area contributed by atoms with Crippen LogP contribution in [0.15, 0.2) is 72.8 Å². The predicted octanol–water partition coefficient (Wildman–Crippen LogP) is 4.76.